The van der Waals surface area contributed by atoms with Crippen LogP contribution in [-0.2, 0) is 45.9 Å². The molecule has 2 aliphatic rings. The van der Waals surface area contributed by atoms with Gasteiger partial charge in [-0.25, -0.2) is 23.7 Å². The van der Waals surface area contributed by atoms with Crippen molar-refractivity contribution in [3.8, 4) is 0 Å². The summed E-state index contributed by atoms with van der Waals surface area (Å²) >= 11 is 3.95. The monoisotopic (exact) mass is 769 g/mol. The number of aliphatic hydroxyl groups is 2. The van der Waals surface area contributed by atoms with Crippen LogP contribution in [-0.4, -0.2) is 121 Å². The van der Waals surface area contributed by atoms with Crippen molar-refractivity contribution < 1.29 is 75.7 Å². The van der Waals surface area contributed by atoms with Gasteiger partial charge in [0, 0.05) is 30.7 Å². The molecule has 0 bridgehead atoms. The molecule has 0 saturated carbocycles. The third-order valence-electron chi connectivity index (χ3n) is 6.71. The smallest absolute Gasteiger partial charge is 0.386 e. The number of amides is 2. The number of nitrogens with one attached hydrogen (secondary N) is 3. The van der Waals surface area contributed by atoms with E-state index in [4.69, 9.17) is 19.5 Å². The van der Waals surface area contributed by atoms with Crippen molar-refractivity contribution in [2.75, 3.05) is 54.7 Å². The fraction of sp³-hybridized carbons (Fsp3) is 0.714. The van der Waals surface area contributed by atoms with E-state index < -0.39 is 78.6 Å². The zero-order chi connectivity index (χ0) is 36.1. The molecule has 2 unspecified atom stereocenters. The molecule has 1 fully saturated rings. The minimum Gasteiger partial charge on any atom is -0.386 e. The van der Waals surface area contributed by atoms with Crippen LogP contribution in [0.2, 0.25) is 0 Å². The van der Waals surface area contributed by atoms with E-state index in [-0.39, 0.29) is 42.9 Å². The van der Waals surface area contributed by atoms with Gasteiger partial charge in [0.25, 0.3) is 0 Å². The molecule has 0 radical (unpaired) electrons. The van der Waals surface area contributed by atoms with Crippen LogP contribution in [0.4, 0.5) is 17.3 Å². The molecule has 27 heteroatoms. The molecule has 3 rings (SSSR count). The van der Waals surface area contributed by atoms with Crippen molar-refractivity contribution in [3.63, 3.8) is 0 Å². The molecule has 11 N–H and O–H groups in total. The van der Waals surface area contributed by atoms with Crippen LogP contribution in [0.5, 0.6) is 0 Å². The van der Waals surface area contributed by atoms with Crippen LogP contribution >= 0.6 is 36.1 Å². The molecule has 48 heavy (non-hydrogen) atoms. The number of anilines is 3. The number of phosphoric ester groups is 3. The summed E-state index contributed by atoms with van der Waals surface area (Å²) < 4.78 is 60.7. The van der Waals surface area contributed by atoms with Gasteiger partial charge in [0.15, 0.2) is 17.9 Å². The fourth-order valence-corrected chi connectivity index (χ4v) is 7.27. The van der Waals surface area contributed by atoms with Gasteiger partial charge in [0.05, 0.1) is 19.9 Å². The van der Waals surface area contributed by atoms with Gasteiger partial charge >= 0.3 is 23.5 Å². The van der Waals surface area contributed by atoms with Crippen molar-refractivity contribution >= 4 is 65.2 Å². The number of ether oxygens (including phenoxy) is 1. The Hall–Kier alpha value is -1.98. The fourth-order valence-electron chi connectivity index (χ4n) is 4.33. The summed E-state index contributed by atoms with van der Waals surface area (Å²) in [6.45, 7) is 0.703. The van der Waals surface area contributed by atoms with E-state index in [1.165, 1.54) is 18.7 Å². The highest BCUT2D eigenvalue weighted by atomic mass is 32.1. The summed E-state index contributed by atoms with van der Waals surface area (Å²) in [6, 6.07) is 0. The maximum atomic E-state index is 12.6. The minimum absolute atomic E-state index is 0.0505. The third kappa shape index (κ3) is 11.3. The molecule has 2 amide bonds. The van der Waals surface area contributed by atoms with Crippen molar-refractivity contribution in [2.24, 2.45) is 5.41 Å². The van der Waals surface area contributed by atoms with E-state index in [1.807, 2.05) is 0 Å². The number of carbonyl (C=O) groups excluding carboxylic acids is 2. The predicted molar refractivity (Wildman–Crippen MR) is 166 cm³/mol. The van der Waals surface area contributed by atoms with Crippen molar-refractivity contribution in [3.05, 3.63) is 6.33 Å². The summed E-state index contributed by atoms with van der Waals surface area (Å²) in [5.74, 6) is -0.699. The number of nitrogens with two attached hydrogens (primary N) is 1. The molecular formula is C21H38N7O16P3S. The minimum atomic E-state index is -5.52. The van der Waals surface area contributed by atoms with E-state index in [2.05, 4.69) is 47.4 Å². The summed E-state index contributed by atoms with van der Waals surface area (Å²) in [5, 5.41) is 29.0. The second-order valence-corrected chi connectivity index (χ2v) is 15.7. The van der Waals surface area contributed by atoms with Gasteiger partial charge < -0.3 is 61.1 Å². The molecule has 7 atom stereocenters. The molecule has 3 heterocycles. The van der Waals surface area contributed by atoms with Gasteiger partial charge in [0.2, 0.25) is 11.8 Å². The Morgan fingerprint density at radius 2 is 1.83 bits per heavy atom. The highest BCUT2D eigenvalue weighted by molar-refractivity contribution is 7.80. The number of hydrogen-bond donors (Lipinski definition) is 11. The highest BCUT2D eigenvalue weighted by Crippen LogP contribution is 2.61. The van der Waals surface area contributed by atoms with Crippen molar-refractivity contribution in [2.45, 2.75) is 50.9 Å². The van der Waals surface area contributed by atoms with Crippen LogP contribution in [0.3, 0.4) is 0 Å². The first kappa shape index (κ1) is 40.4. The van der Waals surface area contributed by atoms with Crippen molar-refractivity contribution in [1.29, 1.82) is 0 Å². The predicted octanol–water partition coefficient (Wildman–Crippen LogP) is -2.00. The van der Waals surface area contributed by atoms with Gasteiger partial charge in [-0.05, 0) is 0 Å². The number of nitrogens with zero attached hydrogens (tertiary/aromatic N) is 3. The van der Waals surface area contributed by atoms with Gasteiger partial charge in [-0.3, -0.25) is 23.2 Å². The van der Waals surface area contributed by atoms with Gasteiger partial charge in [-0.1, -0.05) is 13.8 Å². The number of nitrogen functional groups attached to an aromatic ring is 1. The summed E-state index contributed by atoms with van der Waals surface area (Å²) in [4.78, 5) is 72.1. The number of fused-ring (bicyclic) bond motifs is 1. The lowest BCUT2D eigenvalue weighted by Gasteiger charge is -2.30. The molecular weight excluding hydrogens is 731 g/mol. The molecule has 1 saturated heterocycles. The van der Waals surface area contributed by atoms with Crippen LogP contribution in [0.15, 0.2) is 6.33 Å². The summed E-state index contributed by atoms with van der Waals surface area (Å²) in [5.41, 5.74) is 4.50. The number of phosphoric acid groups is 3. The van der Waals surface area contributed by atoms with E-state index in [0.717, 1.165) is 6.33 Å². The lowest BCUT2D eigenvalue weighted by molar-refractivity contribution is -0.137. The Morgan fingerprint density at radius 3 is 2.48 bits per heavy atom. The Balaban J connectivity index is 1.58. The Kier molecular flexibility index (Phi) is 13.8. The Labute approximate surface area is 278 Å². The topological polar surface area (TPSA) is 344 Å². The Bertz CT molecular complexity index is 1460. The first-order valence-electron chi connectivity index (χ1n) is 13.8. The molecule has 2 aliphatic heterocycles. The molecule has 0 spiro atoms. The number of rotatable bonds is 18. The number of carbonyl (C=O) groups is 2. The van der Waals surface area contributed by atoms with Gasteiger partial charge in [-0.15, -0.1) is 0 Å². The number of aliphatic hydroxyl groups excluding tert-OH is 2. The molecule has 274 valence electrons. The highest BCUT2D eigenvalue weighted by Gasteiger charge is 2.52. The SMILES string of the molecule is CC(C)(COP(=O)(O)OP(=O)(O)OC[C@H]1O[C@@H](N2CNc3c(N)ncnc32)[C@H](O)[C@@H]1OP(=O)(O)O)[C@@H](O)C(=O)NCCC(=O)NCCS. The molecule has 0 aliphatic carbocycles. The first-order chi connectivity index (χ1) is 22.2. The number of aromatic nitrogens is 2. The molecule has 0 aromatic carbocycles. The number of thiol groups is 1. The maximum Gasteiger partial charge on any atom is 0.481 e. The van der Waals surface area contributed by atoms with E-state index in [1.54, 1.807) is 0 Å². The lowest BCUT2D eigenvalue weighted by atomic mass is 9.87. The average Bonchev–Trinajstić information content (AvgIpc) is 3.54. The van der Waals surface area contributed by atoms with E-state index >= 15 is 0 Å². The number of hydrogen-bond acceptors (Lipinski definition) is 18. The third-order valence-corrected chi connectivity index (χ3v) is 10.0. The van der Waals surface area contributed by atoms with Crippen LogP contribution in [0.1, 0.15) is 20.3 Å². The molecule has 1 aromatic rings. The zero-order valence-electron chi connectivity index (χ0n) is 25.4. The largest absolute Gasteiger partial charge is 0.481 e. The molecule has 1 aromatic heterocycles. The van der Waals surface area contributed by atoms with Crippen LogP contribution in [0, 0.1) is 5.41 Å². The van der Waals surface area contributed by atoms with Crippen LogP contribution in [0.25, 0.3) is 0 Å². The second-order valence-electron chi connectivity index (χ2n) is 11.0. The van der Waals surface area contributed by atoms with Crippen molar-refractivity contribution in [1.82, 2.24) is 20.6 Å². The zero-order valence-corrected chi connectivity index (χ0v) is 29.0. The first-order valence-corrected chi connectivity index (χ1v) is 19.0. The normalized spacial score (nSPS) is 24.2. The Morgan fingerprint density at radius 1 is 1.17 bits per heavy atom. The van der Waals surface area contributed by atoms with Crippen LogP contribution < -0.4 is 26.6 Å². The quantitative estimate of drug-likeness (QED) is 0.0568. The maximum absolute atomic E-state index is 12.6. The molecule has 23 nitrogen and oxygen atoms in total. The standard InChI is InChI=1S/C21H38N7O16P3S/c1-21(2,16(31)19(32)24-4-3-12(29)23-5-6-48)8-41-47(38,39)44-46(36,37)40-7-11-15(43-45(33,34)35)14(30)20(42-11)28-10-27-13-17(22)25-9-26-18(13)28/h9,11,14-16,20,27,30-31,48H,3-8,10H2,1-2H3,(H,23,29)(H,24,32)(H,36,37)(H,38,39)(H2,22,25,26)(H2,33,34,35)/t11-,14-,15-,16+,20-/m1/s1. The van der Waals surface area contributed by atoms with E-state index in [9.17, 15) is 53.1 Å². The average molecular weight is 770 g/mol. The lowest BCUT2D eigenvalue weighted by Crippen LogP contribution is -2.46. The van der Waals surface area contributed by atoms with Gasteiger partial charge in [0.1, 0.15) is 36.4 Å². The van der Waals surface area contributed by atoms with E-state index in [0.29, 0.717) is 12.3 Å². The summed E-state index contributed by atoms with van der Waals surface area (Å²) in [7, 11) is -16.3. The second kappa shape index (κ2) is 16.4. The summed E-state index contributed by atoms with van der Waals surface area (Å²) in [6.07, 6.45) is -7.60. The van der Waals surface area contributed by atoms with Gasteiger partial charge in [-0.2, -0.15) is 16.9 Å².